The van der Waals surface area contributed by atoms with Crippen LogP contribution in [0, 0.1) is 0 Å². The zero-order chi connectivity index (χ0) is 29.8. The van der Waals surface area contributed by atoms with E-state index in [1.54, 1.807) is 60.7 Å². The molecular weight excluding hydrogens is 542 g/mol. The van der Waals surface area contributed by atoms with Gasteiger partial charge < -0.3 is 26.5 Å². The largest absolute Gasteiger partial charge is 0.410 e. The summed E-state index contributed by atoms with van der Waals surface area (Å²) in [6.07, 6.45) is 0. The third-order valence-electron chi connectivity index (χ3n) is 6.88. The summed E-state index contributed by atoms with van der Waals surface area (Å²) in [6.45, 7) is 0. The first-order valence-electron chi connectivity index (χ1n) is 13.4. The Morgan fingerprint density at radius 3 is 1.56 bits per heavy atom. The molecule has 9 nitrogen and oxygen atoms in total. The lowest BCUT2D eigenvalue weighted by Gasteiger charge is -2.13. The summed E-state index contributed by atoms with van der Waals surface area (Å²) in [7, 11) is 0. The Labute approximate surface area is 246 Å². The van der Waals surface area contributed by atoms with Gasteiger partial charge in [0.1, 0.15) is 5.71 Å². The number of carbonyl (C=O) groups is 3. The van der Waals surface area contributed by atoms with Gasteiger partial charge in [0.2, 0.25) is 0 Å². The van der Waals surface area contributed by atoms with Crippen LogP contribution in [-0.4, -0.2) is 28.8 Å². The molecule has 0 atom stereocenters. The normalized spacial score (nSPS) is 12.1. The van der Waals surface area contributed by atoms with Crippen LogP contribution in [0.3, 0.4) is 0 Å². The summed E-state index contributed by atoms with van der Waals surface area (Å²) in [6, 6.07) is 34.6. The van der Waals surface area contributed by atoms with E-state index in [4.69, 9.17) is 0 Å². The highest BCUT2D eigenvalue weighted by Crippen LogP contribution is 2.38. The van der Waals surface area contributed by atoms with Crippen LogP contribution < -0.4 is 21.3 Å². The van der Waals surface area contributed by atoms with Crippen molar-refractivity contribution in [1.82, 2.24) is 0 Å². The predicted molar refractivity (Wildman–Crippen MR) is 167 cm³/mol. The molecule has 1 aliphatic rings. The van der Waals surface area contributed by atoms with Gasteiger partial charge in [-0.15, -0.1) is 0 Å². The van der Waals surface area contributed by atoms with Crippen molar-refractivity contribution in [2.45, 2.75) is 0 Å². The quantitative estimate of drug-likeness (QED) is 0.109. The topological polar surface area (TPSA) is 132 Å². The van der Waals surface area contributed by atoms with Gasteiger partial charge in [0.05, 0.1) is 0 Å². The summed E-state index contributed by atoms with van der Waals surface area (Å²) in [5.41, 5.74) is 5.96. The molecule has 0 aliphatic heterocycles. The highest BCUT2D eigenvalue weighted by atomic mass is 16.4. The van der Waals surface area contributed by atoms with E-state index in [1.165, 1.54) is 18.2 Å². The van der Waals surface area contributed by atoms with Crippen LogP contribution >= 0.6 is 0 Å². The fourth-order valence-corrected chi connectivity index (χ4v) is 4.93. The number of nitrogens with zero attached hydrogens (tertiary/aromatic N) is 1. The number of oxime groups is 1. The van der Waals surface area contributed by atoms with Gasteiger partial charge in [0.15, 0.2) is 0 Å². The SMILES string of the molecule is O=C(Nc1cc(C(=O)Nc2ccccc2)cc(C(=O)Nc2ccccc2)c1)Nc1ccc2c(c1)/C(=N/O)c1ccccc1-2. The highest BCUT2D eigenvalue weighted by Gasteiger charge is 2.25. The molecule has 1 aliphatic carbocycles. The Hall–Kier alpha value is -6.22. The Kier molecular flexibility index (Phi) is 7.35. The lowest BCUT2D eigenvalue weighted by molar-refractivity contribution is 0.102. The van der Waals surface area contributed by atoms with Crippen LogP contribution in [0.2, 0.25) is 0 Å². The molecule has 0 bridgehead atoms. The standard InChI is InChI=1S/C34H25N5O4/c40-32(35-23-9-3-1-4-10-23)21-17-22(33(41)36-24-11-5-2-6-12-24)19-26(18-21)38-34(42)37-25-15-16-28-27-13-7-8-14-29(27)31(39-43)30(28)20-25/h1-20,43H,(H,35,40)(H,36,41)(H2,37,38,42)/b39-31+. The number of anilines is 4. The minimum absolute atomic E-state index is 0.180. The molecule has 4 amide bonds. The maximum atomic E-state index is 13.1. The molecule has 210 valence electrons. The fourth-order valence-electron chi connectivity index (χ4n) is 4.93. The molecule has 0 heterocycles. The maximum absolute atomic E-state index is 13.1. The summed E-state index contributed by atoms with van der Waals surface area (Å²) >= 11 is 0. The zero-order valence-electron chi connectivity index (χ0n) is 22.7. The lowest BCUT2D eigenvalue weighted by Crippen LogP contribution is -2.21. The Balaban J connectivity index is 1.25. The van der Waals surface area contributed by atoms with Crippen molar-refractivity contribution in [3.05, 3.63) is 144 Å². The summed E-state index contributed by atoms with van der Waals surface area (Å²) in [4.78, 5) is 39.4. The van der Waals surface area contributed by atoms with E-state index in [0.717, 1.165) is 16.7 Å². The van der Waals surface area contributed by atoms with Gasteiger partial charge in [0, 0.05) is 45.0 Å². The van der Waals surface area contributed by atoms with E-state index < -0.39 is 17.8 Å². The van der Waals surface area contributed by atoms with Crippen LogP contribution in [0.15, 0.2) is 126 Å². The van der Waals surface area contributed by atoms with Crippen molar-refractivity contribution in [3.63, 3.8) is 0 Å². The molecule has 43 heavy (non-hydrogen) atoms. The van der Waals surface area contributed by atoms with E-state index in [0.29, 0.717) is 28.3 Å². The van der Waals surface area contributed by atoms with E-state index in [2.05, 4.69) is 26.4 Å². The highest BCUT2D eigenvalue weighted by molar-refractivity contribution is 6.24. The lowest BCUT2D eigenvalue weighted by atomic mass is 10.1. The Morgan fingerprint density at radius 1 is 0.465 bits per heavy atom. The number of rotatable bonds is 6. The first-order valence-corrected chi connectivity index (χ1v) is 13.4. The monoisotopic (exact) mass is 567 g/mol. The van der Waals surface area contributed by atoms with Gasteiger partial charge in [-0.25, -0.2) is 4.79 Å². The number of fused-ring (bicyclic) bond motifs is 3. The first-order chi connectivity index (χ1) is 21.0. The maximum Gasteiger partial charge on any atom is 0.323 e. The molecule has 5 N–H and O–H groups in total. The van der Waals surface area contributed by atoms with E-state index in [1.807, 2.05) is 42.5 Å². The van der Waals surface area contributed by atoms with Crippen LogP contribution in [0.4, 0.5) is 27.5 Å². The van der Waals surface area contributed by atoms with Crippen molar-refractivity contribution in [2.24, 2.45) is 5.16 Å². The molecule has 0 saturated carbocycles. The number of urea groups is 1. The molecule has 5 aromatic rings. The molecule has 0 radical (unpaired) electrons. The first kappa shape index (κ1) is 27.0. The zero-order valence-corrected chi connectivity index (χ0v) is 22.7. The molecular formula is C34H25N5O4. The molecule has 0 aromatic heterocycles. The van der Waals surface area contributed by atoms with Gasteiger partial charge in [-0.05, 0) is 65.7 Å². The minimum atomic E-state index is -0.590. The summed E-state index contributed by atoms with van der Waals surface area (Å²) in [5, 5.41) is 24.3. The average molecular weight is 568 g/mol. The van der Waals surface area contributed by atoms with Gasteiger partial charge in [-0.2, -0.15) is 0 Å². The number of benzene rings is 5. The van der Waals surface area contributed by atoms with Crippen molar-refractivity contribution in [1.29, 1.82) is 0 Å². The number of amides is 4. The van der Waals surface area contributed by atoms with Crippen molar-refractivity contribution in [3.8, 4) is 11.1 Å². The second-order valence-electron chi connectivity index (χ2n) is 9.77. The van der Waals surface area contributed by atoms with Gasteiger partial charge in [-0.1, -0.05) is 71.9 Å². The molecule has 0 saturated heterocycles. The minimum Gasteiger partial charge on any atom is -0.410 e. The van der Waals surface area contributed by atoms with E-state index in [9.17, 15) is 19.6 Å². The number of hydrogen-bond acceptors (Lipinski definition) is 5. The van der Waals surface area contributed by atoms with Gasteiger partial charge >= 0.3 is 6.03 Å². The summed E-state index contributed by atoms with van der Waals surface area (Å²) < 4.78 is 0. The van der Waals surface area contributed by atoms with Crippen LogP contribution in [0.5, 0.6) is 0 Å². The Bertz CT molecular complexity index is 1820. The molecule has 0 unspecified atom stereocenters. The second kappa shape index (κ2) is 11.7. The molecule has 5 aromatic carbocycles. The third-order valence-corrected chi connectivity index (χ3v) is 6.88. The molecule has 0 fully saturated rings. The van der Waals surface area contributed by atoms with Crippen molar-refractivity contribution < 1.29 is 19.6 Å². The number of para-hydroxylation sites is 2. The number of hydrogen-bond donors (Lipinski definition) is 5. The smallest absolute Gasteiger partial charge is 0.323 e. The number of nitrogens with one attached hydrogen (secondary N) is 4. The average Bonchev–Trinajstić information content (AvgIpc) is 3.34. The Morgan fingerprint density at radius 2 is 0.977 bits per heavy atom. The van der Waals surface area contributed by atoms with Crippen molar-refractivity contribution in [2.75, 3.05) is 21.3 Å². The van der Waals surface area contributed by atoms with Crippen LogP contribution in [0.25, 0.3) is 11.1 Å². The van der Waals surface area contributed by atoms with E-state index in [-0.39, 0.29) is 16.8 Å². The summed E-state index contributed by atoms with van der Waals surface area (Å²) in [5.74, 6) is -0.893. The predicted octanol–water partition coefficient (Wildman–Crippen LogP) is 7.04. The second-order valence-corrected chi connectivity index (χ2v) is 9.77. The molecule has 6 rings (SSSR count). The van der Waals surface area contributed by atoms with Crippen LogP contribution in [-0.2, 0) is 0 Å². The number of carbonyl (C=O) groups excluding carboxylic acids is 3. The fraction of sp³-hybridized carbons (Fsp3) is 0. The van der Waals surface area contributed by atoms with Gasteiger partial charge in [-0.3, -0.25) is 9.59 Å². The molecule has 9 heteroatoms. The van der Waals surface area contributed by atoms with E-state index >= 15 is 0 Å². The van der Waals surface area contributed by atoms with Gasteiger partial charge in [0.25, 0.3) is 11.8 Å². The van der Waals surface area contributed by atoms with Crippen LogP contribution in [0.1, 0.15) is 31.8 Å². The van der Waals surface area contributed by atoms with Crippen molar-refractivity contribution >= 4 is 46.3 Å². The molecule has 0 spiro atoms. The third kappa shape index (κ3) is 5.82.